The van der Waals surface area contributed by atoms with Crippen LogP contribution < -0.4 is 5.73 Å². The third kappa shape index (κ3) is 4.32. The number of rotatable bonds is 5. The maximum atomic E-state index is 10.7. The normalized spacial score (nSPS) is 13.5. The zero-order valence-electron chi connectivity index (χ0n) is 7.52. The molecule has 0 atom stereocenters. The molecule has 0 saturated heterocycles. The van der Waals surface area contributed by atoms with Crippen LogP contribution in [0.2, 0.25) is 0 Å². The summed E-state index contributed by atoms with van der Waals surface area (Å²) in [6.45, 7) is -0.0394. The van der Waals surface area contributed by atoms with Gasteiger partial charge in [-0.05, 0) is 13.0 Å². The maximum absolute atomic E-state index is 10.7. The molecule has 93 valence electrons. The molecule has 0 heterocycles. The van der Waals surface area contributed by atoms with Gasteiger partial charge in [-0.25, -0.2) is 0 Å². The van der Waals surface area contributed by atoms with Crippen LogP contribution in [-0.2, 0) is 29.2 Å². The molecule has 11 heteroatoms. The Morgan fingerprint density at radius 2 is 1.40 bits per heavy atom. The summed E-state index contributed by atoms with van der Waals surface area (Å²) in [6, 6.07) is 0. The van der Waals surface area contributed by atoms with Gasteiger partial charge in [-0.15, -0.1) is 0 Å². The van der Waals surface area contributed by atoms with E-state index in [1.807, 2.05) is 0 Å². The van der Waals surface area contributed by atoms with Gasteiger partial charge in [-0.3, -0.25) is 9.13 Å². The third-order valence-electron chi connectivity index (χ3n) is 1.65. The monoisotopic (exact) mass is 348 g/mol. The van der Waals surface area contributed by atoms with E-state index in [1.165, 1.54) is 0 Å². The van der Waals surface area contributed by atoms with E-state index in [9.17, 15) is 14.2 Å². The summed E-state index contributed by atoms with van der Waals surface area (Å²) < 4.78 is 21.4. The Morgan fingerprint density at radius 1 is 1.07 bits per heavy atom. The molecule has 7 N–H and O–H groups in total. The largest absolute Gasteiger partial charge is 0.369 e. The van der Waals surface area contributed by atoms with Crippen molar-refractivity contribution < 1.29 is 53.9 Å². The first kappa shape index (κ1) is 18.2. The van der Waals surface area contributed by atoms with Crippen LogP contribution in [0.3, 0.4) is 0 Å². The van der Waals surface area contributed by atoms with Gasteiger partial charge in [0.1, 0.15) is 0 Å². The van der Waals surface area contributed by atoms with Crippen molar-refractivity contribution in [3.63, 3.8) is 0 Å². The standard InChI is InChI=1S/C4H13NO7P2.Tc/c5-3-1-2-4(6,13(7,8)9)14(10,11)12;/h6H,1-3,5H2,(H2,7,8,9)(H2,10,11,12);/i;1+1. The van der Waals surface area contributed by atoms with E-state index in [-0.39, 0.29) is 33.1 Å². The van der Waals surface area contributed by atoms with E-state index in [1.54, 1.807) is 0 Å². The molecular formula is C4H13NO7P2Tc. The average molecular weight is 348 g/mol. The number of hydrogen-bond donors (Lipinski definition) is 6. The summed E-state index contributed by atoms with van der Waals surface area (Å²) in [7, 11) is -10.6. The molecule has 0 spiro atoms. The van der Waals surface area contributed by atoms with Gasteiger partial charge in [0.15, 0.2) is 0 Å². The SMILES string of the molecule is NCCCC(O)(P(=O)(O)O)P(=O)(O)O.[99Tc]. The Kier molecular flexibility index (Phi) is 7.27. The minimum absolute atomic E-state index is 0. The van der Waals surface area contributed by atoms with Crippen molar-refractivity contribution in [2.75, 3.05) is 6.54 Å². The first-order chi connectivity index (χ1) is 6.06. The van der Waals surface area contributed by atoms with Crippen molar-refractivity contribution in [3.05, 3.63) is 0 Å². The fourth-order valence-electron chi connectivity index (χ4n) is 0.800. The first-order valence-corrected chi connectivity index (χ1v) is 6.82. The molecule has 0 saturated carbocycles. The van der Waals surface area contributed by atoms with Crippen molar-refractivity contribution in [2.24, 2.45) is 5.73 Å². The minimum atomic E-state index is -5.30. The molecule has 1 radical (unpaired) electrons. The van der Waals surface area contributed by atoms with Crippen molar-refractivity contribution >= 4 is 15.2 Å². The van der Waals surface area contributed by atoms with Crippen LogP contribution in [-0.4, -0.2) is 36.3 Å². The summed E-state index contributed by atoms with van der Waals surface area (Å²) in [4.78, 5) is 34.5. The zero-order chi connectivity index (χ0) is 11.6. The second-order valence-electron chi connectivity index (χ2n) is 2.75. The molecule has 8 nitrogen and oxygen atoms in total. The molecular weight excluding hydrogens is 335 g/mol. The van der Waals surface area contributed by atoms with Gasteiger partial charge >= 0.3 is 15.2 Å². The van der Waals surface area contributed by atoms with Crippen LogP contribution in [0.5, 0.6) is 0 Å². The molecule has 0 rings (SSSR count). The van der Waals surface area contributed by atoms with Gasteiger partial charge in [-0.2, -0.15) is 0 Å². The molecule has 0 bridgehead atoms. The molecule has 15 heavy (non-hydrogen) atoms. The van der Waals surface area contributed by atoms with Crippen LogP contribution in [0, 0.1) is 0 Å². The molecule has 0 aromatic rings. The topological polar surface area (TPSA) is 161 Å². The molecule has 0 amide bonds. The zero-order valence-corrected chi connectivity index (χ0v) is 11.2. The van der Waals surface area contributed by atoms with E-state index in [4.69, 9.17) is 25.3 Å². The van der Waals surface area contributed by atoms with E-state index in [2.05, 4.69) is 0 Å². The minimum Gasteiger partial charge on any atom is -0.368 e. The summed E-state index contributed by atoms with van der Waals surface area (Å²) in [5.74, 6) is 0. The van der Waals surface area contributed by atoms with Crippen molar-refractivity contribution in [1.29, 1.82) is 0 Å². The summed E-state index contributed by atoms with van der Waals surface area (Å²) in [5.41, 5.74) is 5.01. The van der Waals surface area contributed by atoms with Gasteiger partial charge in [0.25, 0.3) is 5.08 Å². The molecule has 0 aromatic carbocycles. The number of aliphatic hydroxyl groups is 1. The molecule has 0 fully saturated rings. The van der Waals surface area contributed by atoms with Crippen LogP contribution in [0.25, 0.3) is 0 Å². The predicted molar refractivity (Wildman–Crippen MR) is 47.3 cm³/mol. The van der Waals surface area contributed by atoms with Gasteiger partial charge in [0, 0.05) is 26.5 Å². The number of nitrogens with two attached hydrogens (primary N) is 1. The van der Waals surface area contributed by atoms with Gasteiger partial charge < -0.3 is 30.4 Å². The van der Waals surface area contributed by atoms with Crippen molar-refractivity contribution in [3.8, 4) is 0 Å². The molecule has 0 aliphatic carbocycles. The molecule has 0 aliphatic rings. The predicted octanol–water partition coefficient (Wildman–Crippen LogP) is -1.28. The quantitative estimate of drug-likeness (QED) is 0.335. The van der Waals surface area contributed by atoms with Crippen molar-refractivity contribution in [2.45, 2.75) is 17.9 Å². The van der Waals surface area contributed by atoms with Gasteiger partial charge in [0.05, 0.1) is 0 Å². The van der Waals surface area contributed by atoms with Crippen LogP contribution >= 0.6 is 15.2 Å². The fourth-order valence-corrected chi connectivity index (χ4v) is 3.06. The van der Waals surface area contributed by atoms with E-state index >= 15 is 0 Å². The van der Waals surface area contributed by atoms with E-state index in [0.29, 0.717) is 0 Å². The Hall–Kier alpha value is 0.869. The average Bonchev–Trinajstić information content (AvgIpc) is 1.95. The molecule has 0 aliphatic heterocycles. The van der Waals surface area contributed by atoms with E-state index in [0.717, 1.165) is 0 Å². The summed E-state index contributed by atoms with van der Waals surface area (Å²) >= 11 is 0. The Balaban J connectivity index is 0. The van der Waals surface area contributed by atoms with E-state index < -0.39 is 26.7 Å². The summed E-state index contributed by atoms with van der Waals surface area (Å²) in [6.07, 6.45) is -0.856. The Labute approximate surface area is 99.5 Å². The third-order valence-corrected chi connectivity index (χ3v) is 5.53. The Bertz CT molecular complexity index is 263. The smallest absolute Gasteiger partial charge is 0.368 e. The molecule has 0 unspecified atom stereocenters. The summed E-state index contributed by atoms with van der Waals surface area (Å²) in [5, 5.41) is 5.91. The van der Waals surface area contributed by atoms with Crippen molar-refractivity contribution in [1.82, 2.24) is 0 Å². The van der Waals surface area contributed by atoms with Gasteiger partial charge in [-0.1, -0.05) is 0 Å². The second-order valence-corrected chi connectivity index (χ2v) is 6.76. The second kappa shape index (κ2) is 5.98. The molecule has 0 aromatic heterocycles. The Morgan fingerprint density at radius 3 is 1.60 bits per heavy atom. The first-order valence-electron chi connectivity index (χ1n) is 3.60. The maximum Gasteiger partial charge on any atom is 0.369 e. The van der Waals surface area contributed by atoms with Crippen LogP contribution in [0.15, 0.2) is 0 Å². The van der Waals surface area contributed by atoms with Gasteiger partial charge in [0.2, 0.25) is 0 Å². The van der Waals surface area contributed by atoms with Crippen LogP contribution in [0.4, 0.5) is 0 Å². The van der Waals surface area contributed by atoms with Crippen LogP contribution in [0.1, 0.15) is 12.8 Å². The number of hydrogen-bond acceptors (Lipinski definition) is 4. The fraction of sp³-hybridized carbons (Fsp3) is 1.00.